The summed E-state index contributed by atoms with van der Waals surface area (Å²) in [5, 5.41) is 13.2. The first-order chi connectivity index (χ1) is 12.7. The van der Waals surface area contributed by atoms with Crippen molar-refractivity contribution in [1.29, 1.82) is 0 Å². The maximum atomic E-state index is 10.0. The summed E-state index contributed by atoms with van der Waals surface area (Å²) in [7, 11) is 4.71. The van der Waals surface area contributed by atoms with Crippen molar-refractivity contribution in [3.8, 4) is 23.3 Å². The molecule has 0 saturated heterocycles. The summed E-state index contributed by atoms with van der Waals surface area (Å²) in [5.41, 5.74) is 1.12. The van der Waals surface area contributed by atoms with Crippen LogP contribution in [-0.4, -0.2) is 62.2 Å². The monoisotopic (exact) mass is 363 g/mol. The number of nitrogens with one attached hydrogen (secondary N) is 1. The molecule has 1 heterocycles. The van der Waals surface area contributed by atoms with E-state index < -0.39 is 6.10 Å². The van der Waals surface area contributed by atoms with Gasteiger partial charge < -0.3 is 29.4 Å². The van der Waals surface area contributed by atoms with Crippen molar-refractivity contribution in [2.75, 3.05) is 41.0 Å². The zero-order valence-electron chi connectivity index (χ0n) is 15.3. The Kier molecular flexibility index (Phi) is 7.91. The summed E-state index contributed by atoms with van der Waals surface area (Å²) in [5.74, 6) is 1.97. The molecule has 2 N–H and O–H groups in total. The third kappa shape index (κ3) is 5.75. The highest BCUT2D eigenvalue weighted by atomic mass is 16.5. The lowest BCUT2D eigenvalue weighted by Crippen LogP contribution is -2.32. The number of rotatable bonds is 11. The van der Waals surface area contributed by atoms with Crippen molar-refractivity contribution in [3.05, 3.63) is 36.2 Å². The van der Waals surface area contributed by atoms with E-state index >= 15 is 0 Å². The van der Waals surface area contributed by atoms with Crippen molar-refractivity contribution >= 4 is 0 Å². The van der Waals surface area contributed by atoms with E-state index in [4.69, 9.17) is 18.9 Å². The van der Waals surface area contributed by atoms with Crippen LogP contribution < -0.4 is 24.3 Å². The first-order valence-electron chi connectivity index (χ1n) is 8.25. The molecule has 0 bridgehead atoms. The van der Waals surface area contributed by atoms with Crippen molar-refractivity contribution in [3.63, 3.8) is 0 Å². The predicted molar refractivity (Wildman–Crippen MR) is 96.2 cm³/mol. The highest BCUT2D eigenvalue weighted by molar-refractivity contribution is 5.42. The number of hydrogen-bond acceptors (Lipinski definition) is 8. The van der Waals surface area contributed by atoms with Crippen LogP contribution in [0, 0.1) is 0 Å². The van der Waals surface area contributed by atoms with Crippen LogP contribution in [0.2, 0.25) is 0 Å². The molecular formula is C18H25N3O5. The first kappa shape index (κ1) is 19.7. The van der Waals surface area contributed by atoms with E-state index in [2.05, 4.69) is 15.3 Å². The second-order valence-corrected chi connectivity index (χ2v) is 5.48. The van der Waals surface area contributed by atoms with Gasteiger partial charge in [-0.3, -0.25) is 0 Å². The summed E-state index contributed by atoms with van der Waals surface area (Å²) in [6.45, 7) is 1.20. The van der Waals surface area contributed by atoms with Gasteiger partial charge in [-0.25, -0.2) is 9.97 Å². The molecule has 0 spiro atoms. The van der Waals surface area contributed by atoms with Crippen molar-refractivity contribution in [2.45, 2.75) is 12.5 Å². The molecule has 0 aliphatic carbocycles. The van der Waals surface area contributed by atoms with Crippen molar-refractivity contribution < 1.29 is 24.1 Å². The van der Waals surface area contributed by atoms with E-state index in [9.17, 15) is 5.11 Å². The largest absolute Gasteiger partial charge is 0.493 e. The fourth-order valence-electron chi connectivity index (χ4n) is 2.32. The molecule has 0 saturated carbocycles. The molecule has 8 nitrogen and oxygen atoms in total. The Morgan fingerprint density at radius 3 is 2.42 bits per heavy atom. The van der Waals surface area contributed by atoms with E-state index in [1.165, 1.54) is 19.5 Å². The summed E-state index contributed by atoms with van der Waals surface area (Å²) in [6.07, 6.45) is 3.14. The zero-order valence-corrected chi connectivity index (χ0v) is 15.3. The normalized spacial score (nSPS) is 11.7. The highest BCUT2D eigenvalue weighted by Crippen LogP contribution is 2.27. The molecule has 0 amide bonds. The van der Waals surface area contributed by atoms with Crippen LogP contribution in [0.3, 0.4) is 0 Å². The second-order valence-electron chi connectivity index (χ2n) is 5.48. The van der Waals surface area contributed by atoms with E-state index in [1.807, 2.05) is 18.2 Å². The van der Waals surface area contributed by atoms with Gasteiger partial charge in [0.2, 0.25) is 0 Å². The number of ether oxygens (including phenoxy) is 4. The highest BCUT2D eigenvalue weighted by Gasteiger charge is 2.10. The quantitative estimate of drug-likeness (QED) is 0.573. The SMILES string of the molecule is COc1ccc(CCNCC(O)COc2nccnc2OC)cc1OC. The van der Waals surface area contributed by atoms with Gasteiger partial charge in [0.1, 0.15) is 12.7 Å². The molecule has 0 radical (unpaired) electrons. The number of aliphatic hydroxyl groups excluding tert-OH is 1. The van der Waals surface area contributed by atoms with Crippen LogP contribution in [0.15, 0.2) is 30.6 Å². The van der Waals surface area contributed by atoms with Crippen LogP contribution in [0.25, 0.3) is 0 Å². The van der Waals surface area contributed by atoms with Crippen molar-refractivity contribution in [1.82, 2.24) is 15.3 Å². The Balaban J connectivity index is 1.71. The molecule has 2 rings (SSSR count). The molecule has 26 heavy (non-hydrogen) atoms. The van der Waals surface area contributed by atoms with Crippen molar-refractivity contribution in [2.24, 2.45) is 0 Å². The van der Waals surface area contributed by atoms with Gasteiger partial charge in [-0.15, -0.1) is 0 Å². The van der Waals surface area contributed by atoms with E-state index in [-0.39, 0.29) is 12.5 Å². The average Bonchev–Trinajstić information content (AvgIpc) is 2.69. The molecule has 0 fully saturated rings. The minimum Gasteiger partial charge on any atom is -0.493 e. The second kappa shape index (κ2) is 10.4. The van der Waals surface area contributed by atoms with Gasteiger partial charge in [0.15, 0.2) is 11.5 Å². The summed E-state index contributed by atoms with van der Waals surface area (Å²) >= 11 is 0. The average molecular weight is 363 g/mol. The number of benzene rings is 1. The maximum absolute atomic E-state index is 10.0. The molecule has 8 heteroatoms. The summed E-state index contributed by atoms with van der Waals surface area (Å²) < 4.78 is 21.0. The van der Waals surface area contributed by atoms with Gasteiger partial charge in [0.05, 0.1) is 21.3 Å². The smallest absolute Gasteiger partial charge is 0.278 e. The first-order valence-corrected chi connectivity index (χ1v) is 8.25. The summed E-state index contributed by atoms with van der Waals surface area (Å²) in [4.78, 5) is 8.01. The molecule has 1 aromatic carbocycles. The lowest BCUT2D eigenvalue weighted by molar-refractivity contribution is 0.102. The third-order valence-corrected chi connectivity index (χ3v) is 3.66. The number of aromatic nitrogens is 2. The van der Waals surface area contributed by atoms with Crippen LogP contribution in [0.5, 0.6) is 23.3 Å². The van der Waals surface area contributed by atoms with Gasteiger partial charge in [-0.05, 0) is 30.7 Å². The van der Waals surface area contributed by atoms with Crippen LogP contribution in [-0.2, 0) is 6.42 Å². The van der Waals surface area contributed by atoms with E-state index in [0.717, 1.165) is 12.0 Å². The maximum Gasteiger partial charge on any atom is 0.278 e. The van der Waals surface area contributed by atoms with E-state index in [0.29, 0.717) is 30.5 Å². The molecule has 0 aliphatic heterocycles. The Hall–Kier alpha value is -2.58. The topological polar surface area (TPSA) is 95.0 Å². The molecule has 0 aliphatic rings. The van der Waals surface area contributed by atoms with Gasteiger partial charge in [-0.2, -0.15) is 0 Å². The third-order valence-electron chi connectivity index (χ3n) is 3.66. The molecule has 142 valence electrons. The Morgan fingerprint density at radius 2 is 1.73 bits per heavy atom. The van der Waals surface area contributed by atoms with Crippen LogP contribution in [0.4, 0.5) is 0 Å². The van der Waals surface area contributed by atoms with Crippen LogP contribution in [0.1, 0.15) is 5.56 Å². The number of methoxy groups -OCH3 is 3. The molecule has 1 unspecified atom stereocenters. The van der Waals surface area contributed by atoms with Gasteiger partial charge in [0, 0.05) is 18.9 Å². The lowest BCUT2D eigenvalue weighted by Gasteiger charge is -2.14. The fourth-order valence-corrected chi connectivity index (χ4v) is 2.32. The Bertz CT molecular complexity index is 684. The molecule has 2 aromatic rings. The standard InChI is InChI=1S/C18H25N3O5/c1-23-15-5-4-13(10-16(15)24-2)6-7-19-11-14(22)12-26-18-17(25-3)20-8-9-21-18/h4-5,8-10,14,19,22H,6-7,11-12H2,1-3H3. The van der Waals surface area contributed by atoms with Gasteiger partial charge in [-0.1, -0.05) is 6.07 Å². The van der Waals surface area contributed by atoms with Crippen LogP contribution >= 0.6 is 0 Å². The minimum atomic E-state index is -0.674. The number of aliphatic hydroxyl groups is 1. The predicted octanol–water partition coefficient (Wildman–Crippen LogP) is 1.07. The summed E-state index contributed by atoms with van der Waals surface area (Å²) in [6, 6.07) is 5.81. The zero-order chi connectivity index (χ0) is 18.8. The van der Waals surface area contributed by atoms with Gasteiger partial charge in [0.25, 0.3) is 11.8 Å². The lowest BCUT2D eigenvalue weighted by atomic mass is 10.1. The number of hydrogen-bond donors (Lipinski definition) is 2. The minimum absolute atomic E-state index is 0.0956. The molecular weight excluding hydrogens is 338 g/mol. The molecule has 1 atom stereocenters. The van der Waals surface area contributed by atoms with E-state index in [1.54, 1.807) is 14.2 Å². The number of nitrogens with zero attached hydrogens (tertiary/aromatic N) is 2. The Labute approximate surface area is 153 Å². The molecule has 1 aromatic heterocycles. The fraction of sp³-hybridized carbons (Fsp3) is 0.444. The Morgan fingerprint density at radius 1 is 1.00 bits per heavy atom. The van der Waals surface area contributed by atoms with Gasteiger partial charge >= 0.3 is 0 Å².